The average molecular weight is 502 g/mol. The van der Waals surface area contributed by atoms with Gasteiger partial charge in [0.2, 0.25) is 5.91 Å². The van der Waals surface area contributed by atoms with Crippen molar-refractivity contribution in [2.24, 2.45) is 5.92 Å². The number of rotatable bonds is 27. The lowest BCUT2D eigenvalue weighted by molar-refractivity contribution is -0.121. The number of allylic oxidation sites excluding steroid dienone is 2. The van der Waals surface area contributed by atoms with Gasteiger partial charge in [-0.15, -0.1) is 13.2 Å². The molecule has 204 valence electrons. The number of aldehydes is 2. The van der Waals surface area contributed by atoms with Gasteiger partial charge in [0, 0.05) is 25.7 Å². The van der Waals surface area contributed by atoms with Crippen LogP contribution in [0.15, 0.2) is 50.4 Å². The SMILES string of the molecule is C=CCCCCCN(CCCCCCCC=O)CC(C=C)CCCCNC(=O)CN(C=C)/C=C\C=O. The summed E-state index contributed by atoms with van der Waals surface area (Å²) in [6, 6.07) is 0. The minimum absolute atomic E-state index is 0.0838. The first kappa shape index (κ1) is 33.5. The van der Waals surface area contributed by atoms with Crippen LogP contribution in [0.4, 0.5) is 0 Å². The normalized spacial score (nSPS) is 11.8. The van der Waals surface area contributed by atoms with Crippen LogP contribution >= 0.6 is 0 Å². The van der Waals surface area contributed by atoms with E-state index in [4.69, 9.17) is 0 Å². The van der Waals surface area contributed by atoms with Crippen molar-refractivity contribution in [3.8, 4) is 0 Å². The molecule has 1 unspecified atom stereocenters. The van der Waals surface area contributed by atoms with Crippen LogP contribution in [-0.4, -0.2) is 61.0 Å². The van der Waals surface area contributed by atoms with E-state index in [-0.39, 0.29) is 12.5 Å². The second-order valence-electron chi connectivity index (χ2n) is 9.34. The molecule has 0 rings (SSSR count). The maximum atomic E-state index is 12.1. The topological polar surface area (TPSA) is 69.7 Å². The van der Waals surface area contributed by atoms with Crippen LogP contribution in [-0.2, 0) is 14.4 Å². The number of amides is 1. The number of carbonyl (C=O) groups excluding carboxylic acids is 3. The zero-order valence-electron chi connectivity index (χ0n) is 22.6. The lowest BCUT2D eigenvalue weighted by Gasteiger charge is -2.26. The van der Waals surface area contributed by atoms with Crippen molar-refractivity contribution in [1.82, 2.24) is 15.1 Å². The van der Waals surface area contributed by atoms with Crippen molar-refractivity contribution in [2.75, 3.05) is 32.7 Å². The van der Waals surface area contributed by atoms with Crippen LogP contribution in [0.2, 0.25) is 0 Å². The number of unbranched alkanes of at least 4 members (excludes halogenated alkanes) is 9. The maximum Gasteiger partial charge on any atom is 0.239 e. The first-order valence-corrected chi connectivity index (χ1v) is 13.8. The molecule has 0 aliphatic heterocycles. The van der Waals surface area contributed by atoms with Gasteiger partial charge < -0.3 is 19.9 Å². The average Bonchev–Trinajstić information content (AvgIpc) is 2.88. The molecule has 0 saturated heterocycles. The van der Waals surface area contributed by atoms with Crippen LogP contribution in [0, 0.1) is 5.92 Å². The Morgan fingerprint density at radius 1 is 0.833 bits per heavy atom. The molecule has 0 aromatic rings. The Kier molecular flexibility index (Phi) is 23.9. The Hall–Kier alpha value is -2.47. The van der Waals surface area contributed by atoms with Gasteiger partial charge >= 0.3 is 0 Å². The van der Waals surface area contributed by atoms with E-state index in [1.54, 1.807) is 4.90 Å². The van der Waals surface area contributed by atoms with Gasteiger partial charge in [0.1, 0.15) is 19.1 Å². The molecule has 6 nitrogen and oxygen atoms in total. The standard InChI is InChI=1S/C30H51N3O3/c1-4-7-8-11-16-22-33(23-17-12-9-10-13-18-25-34)27-29(5-2)20-14-15-21-31-30(36)28-32(6-3)24-19-26-35/h4-6,19,24-26,29H,1-3,7-18,20-23,27-28H2,(H,31,36)/b24-19-. The first-order chi connectivity index (χ1) is 17.6. The molecule has 0 aliphatic rings. The third kappa shape index (κ3) is 20.9. The van der Waals surface area contributed by atoms with Crippen LogP contribution in [0.1, 0.15) is 83.5 Å². The summed E-state index contributed by atoms with van der Waals surface area (Å²) in [4.78, 5) is 37.1. The number of hydrogen-bond donors (Lipinski definition) is 1. The summed E-state index contributed by atoms with van der Waals surface area (Å²) in [6.07, 6.45) is 24.4. The molecule has 0 aromatic heterocycles. The largest absolute Gasteiger partial charge is 0.355 e. The maximum absolute atomic E-state index is 12.1. The summed E-state index contributed by atoms with van der Waals surface area (Å²) >= 11 is 0. The van der Waals surface area contributed by atoms with Gasteiger partial charge in [-0.3, -0.25) is 9.59 Å². The van der Waals surface area contributed by atoms with E-state index in [2.05, 4.69) is 36.0 Å². The lowest BCUT2D eigenvalue weighted by Crippen LogP contribution is -2.33. The Morgan fingerprint density at radius 3 is 2.14 bits per heavy atom. The molecule has 0 aliphatic carbocycles. The number of nitrogens with one attached hydrogen (secondary N) is 1. The quantitative estimate of drug-likeness (QED) is 0.0665. The summed E-state index contributed by atoms with van der Waals surface area (Å²) in [5, 5.41) is 2.94. The van der Waals surface area contributed by atoms with Crippen LogP contribution in [0.5, 0.6) is 0 Å². The molecule has 0 heterocycles. The molecular formula is C30H51N3O3. The zero-order chi connectivity index (χ0) is 26.7. The molecule has 6 heteroatoms. The highest BCUT2D eigenvalue weighted by Gasteiger charge is 2.12. The highest BCUT2D eigenvalue weighted by atomic mass is 16.2. The van der Waals surface area contributed by atoms with E-state index in [0.29, 0.717) is 25.2 Å². The molecule has 36 heavy (non-hydrogen) atoms. The van der Waals surface area contributed by atoms with Crippen LogP contribution in [0.3, 0.4) is 0 Å². The van der Waals surface area contributed by atoms with Gasteiger partial charge in [-0.1, -0.05) is 50.8 Å². The van der Waals surface area contributed by atoms with Gasteiger partial charge in [-0.2, -0.15) is 0 Å². The van der Waals surface area contributed by atoms with Crippen molar-refractivity contribution in [2.45, 2.75) is 83.5 Å². The van der Waals surface area contributed by atoms with Crippen molar-refractivity contribution >= 4 is 18.5 Å². The highest BCUT2D eigenvalue weighted by molar-refractivity contribution is 5.78. The van der Waals surface area contributed by atoms with Crippen molar-refractivity contribution < 1.29 is 14.4 Å². The van der Waals surface area contributed by atoms with Gasteiger partial charge in [0.25, 0.3) is 0 Å². The third-order valence-electron chi connectivity index (χ3n) is 6.25. The van der Waals surface area contributed by atoms with Crippen molar-refractivity contribution in [3.05, 3.63) is 50.4 Å². The molecule has 0 saturated carbocycles. The van der Waals surface area contributed by atoms with E-state index in [9.17, 15) is 14.4 Å². The molecule has 0 spiro atoms. The monoisotopic (exact) mass is 501 g/mol. The van der Waals surface area contributed by atoms with E-state index in [0.717, 1.165) is 64.4 Å². The van der Waals surface area contributed by atoms with Gasteiger partial charge in [0.05, 0.1) is 0 Å². The zero-order valence-corrected chi connectivity index (χ0v) is 22.6. The predicted octanol–water partition coefficient (Wildman–Crippen LogP) is 5.82. The van der Waals surface area contributed by atoms with Crippen LogP contribution in [0.25, 0.3) is 0 Å². The molecule has 0 fully saturated rings. The minimum atomic E-state index is -0.0838. The summed E-state index contributed by atoms with van der Waals surface area (Å²) in [7, 11) is 0. The number of carbonyl (C=O) groups is 3. The fraction of sp³-hybridized carbons (Fsp3) is 0.633. The molecular weight excluding hydrogens is 450 g/mol. The molecule has 0 aromatic carbocycles. The summed E-state index contributed by atoms with van der Waals surface area (Å²) in [6.45, 7) is 15.6. The second-order valence-corrected chi connectivity index (χ2v) is 9.34. The molecule has 0 radical (unpaired) electrons. The summed E-state index contributed by atoms with van der Waals surface area (Å²) in [5.41, 5.74) is 0. The molecule has 1 amide bonds. The Bertz CT molecular complexity index is 633. The highest BCUT2D eigenvalue weighted by Crippen LogP contribution is 2.14. The second kappa shape index (κ2) is 25.6. The minimum Gasteiger partial charge on any atom is -0.355 e. The molecule has 1 atom stereocenters. The Balaban J connectivity index is 4.35. The van der Waals surface area contributed by atoms with Gasteiger partial charge in [0.15, 0.2) is 0 Å². The van der Waals surface area contributed by atoms with E-state index >= 15 is 0 Å². The van der Waals surface area contributed by atoms with E-state index < -0.39 is 0 Å². The summed E-state index contributed by atoms with van der Waals surface area (Å²) in [5.74, 6) is 0.366. The van der Waals surface area contributed by atoms with Gasteiger partial charge in [-0.25, -0.2) is 0 Å². The van der Waals surface area contributed by atoms with Crippen molar-refractivity contribution in [1.29, 1.82) is 0 Å². The summed E-state index contributed by atoms with van der Waals surface area (Å²) < 4.78 is 0. The van der Waals surface area contributed by atoms with Crippen molar-refractivity contribution in [3.63, 3.8) is 0 Å². The molecule has 1 N–H and O–H groups in total. The van der Waals surface area contributed by atoms with Crippen LogP contribution < -0.4 is 5.32 Å². The lowest BCUT2D eigenvalue weighted by atomic mass is 10.0. The Labute approximate surface area is 220 Å². The predicted molar refractivity (Wildman–Crippen MR) is 152 cm³/mol. The van der Waals surface area contributed by atoms with Gasteiger partial charge in [-0.05, 0) is 76.2 Å². The first-order valence-electron chi connectivity index (χ1n) is 13.8. The fourth-order valence-corrected chi connectivity index (χ4v) is 4.11. The number of nitrogens with zero attached hydrogens (tertiary/aromatic N) is 2. The Morgan fingerprint density at radius 2 is 1.50 bits per heavy atom. The smallest absolute Gasteiger partial charge is 0.239 e. The fourth-order valence-electron chi connectivity index (χ4n) is 4.11. The molecule has 0 bridgehead atoms. The third-order valence-corrected chi connectivity index (χ3v) is 6.25. The number of hydrogen-bond acceptors (Lipinski definition) is 5. The van der Waals surface area contributed by atoms with E-state index in [1.165, 1.54) is 57.0 Å². The van der Waals surface area contributed by atoms with E-state index in [1.807, 2.05) is 6.08 Å².